The summed E-state index contributed by atoms with van der Waals surface area (Å²) in [6, 6.07) is 8.96. The molecule has 3 aliphatic heterocycles. The molecule has 40 heavy (non-hydrogen) atoms. The summed E-state index contributed by atoms with van der Waals surface area (Å²) in [4.78, 5) is 30.4. The van der Waals surface area contributed by atoms with Crippen LogP contribution in [0.15, 0.2) is 30.3 Å². The number of fused-ring (bicyclic) bond motifs is 2. The topological polar surface area (TPSA) is 110 Å². The van der Waals surface area contributed by atoms with Gasteiger partial charge in [-0.1, -0.05) is 44.2 Å². The van der Waals surface area contributed by atoms with Gasteiger partial charge in [0.15, 0.2) is 6.29 Å². The molecule has 0 aromatic heterocycles. The predicted octanol–water partition coefficient (Wildman–Crippen LogP) is 3.02. The van der Waals surface area contributed by atoms with Crippen molar-refractivity contribution in [3.8, 4) is 0 Å². The monoisotopic (exact) mass is 559 g/mol. The lowest BCUT2D eigenvalue weighted by atomic mass is 9.78. The van der Waals surface area contributed by atoms with Gasteiger partial charge in [0.2, 0.25) is 0 Å². The minimum Gasteiger partial charge on any atom is -0.443 e. The van der Waals surface area contributed by atoms with Crippen LogP contribution in [0.1, 0.15) is 45.1 Å². The molecule has 3 saturated heterocycles. The standard InChI is InChI=1S/C30H45N3O7/c1-19(2)15-33(30(36)32-11-7-10-23(16-32)37-3)17-25(34)24(12-20-8-5-4-6-9-20)31-29(35)40-27-22-13-21-14-26(27)39-28(21)38-18-22/h4-6,8-9,19,21-28,34H,7,10-18H2,1-3H3,(H,31,35)/t21?,22?,23?,24-,25+,26?,27?,28?/m0/s1. The van der Waals surface area contributed by atoms with Crippen LogP contribution in [0.3, 0.4) is 0 Å². The van der Waals surface area contributed by atoms with Crippen molar-refractivity contribution >= 4 is 12.1 Å². The van der Waals surface area contributed by atoms with Crippen molar-refractivity contribution in [2.45, 2.75) is 82.7 Å². The third kappa shape index (κ3) is 6.90. The van der Waals surface area contributed by atoms with E-state index in [2.05, 4.69) is 19.2 Å². The maximum Gasteiger partial charge on any atom is 0.407 e. The molecule has 0 spiro atoms. The van der Waals surface area contributed by atoms with Gasteiger partial charge in [0.25, 0.3) is 0 Å². The number of hydrogen-bond acceptors (Lipinski definition) is 7. The smallest absolute Gasteiger partial charge is 0.407 e. The number of benzene rings is 1. The molecular weight excluding hydrogens is 514 g/mol. The fraction of sp³-hybridized carbons (Fsp3) is 0.733. The Balaban J connectivity index is 1.27. The van der Waals surface area contributed by atoms with Crippen LogP contribution in [0.25, 0.3) is 0 Å². The average molecular weight is 560 g/mol. The maximum absolute atomic E-state index is 13.6. The van der Waals surface area contributed by atoms with Gasteiger partial charge in [0.1, 0.15) is 6.10 Å². The minimum atomic E-state index is -1.00. The van der Waals surface area contributed by atoms with Gasteiger partial charge >= 0.3 is 12.1 Å². The lowest BCUT2D eigenvalue weighted by Gasteiger charge is -2.38. The number of carbonyl (C=O) groups is 2. The molecule has 6 unspecified atom stereocenters. The number of likely N-dealkylation sites (tertiary alicyclic amines) is 1. The Labute approximate surface area is 237 Å². The first kappa shape index (κ1) is 29.1. The fourth-order valence-electron chi connectivity index (χ4n) is 6.71. The number of aliphatic hydroxyl groups is 1. The van der Waals surface area contributed by atoms with Gasteiger partial charge in [0.05, 0.1) is 37.5 Å². The second kappa shape index (κ2) is 13.1. The Morgan fingerprint density at radius 3 is 2.73 bits per heavy atom. The van der Waals surface area contributed by atoms with Crippen molar-refractivity contribution in [2.24, 2.45) is 17.8 Å². The Morgan fingerprint density at radius 2 is 1.98 bits per heavy atom. The van der Waals surface area contributed by atoms with Crippen molar-refractivity contribution in [1.29, 1.82) is 0 Å². The van der Waals surface area contributed by atoms with Crippen molar-refractivity contribution in [1.82, 2.24) is 15.1 Å². The van der Waals surface area contributed by atoms with Crippen molar-refractivity contribution in [3.05, 3.63) is 35.9 Å². The third-order valence-corrected chi connectivity index (χ3v) is 8.69. The van der Waals surface area contributed by atoms with E-state index >= 15 is 0 Å². The Morgan fingerprint density at radius 1 is 1.18 bits per heavy atom. The molecular formula is C30H45N3O7. The van der Waals surface area contributed by atoms with Crippen LogP contribution in [0.4, 0.5) is 9.59 Å². The van der Waals surface area contributed by atoms with Gasteiger partial charge in [-0.2, -0.15) is 0 Å². The molecule has 2 N–H and O–H groups in total. The van der Waals surface area contributed by atoms with E-state index in [1.54, 1.807) is 12.0 Å². The Kier molecular flexibility index (Phi) is 9.50. The SMILES string of the molecule is COC1CCCN(C(=O)N(CC(C)C)C[C@@H](O)[C@H](Cc2ccccc2)NC(=O)OC2C3COC4OC2CC4C3)C1. The zero-order valence-electron chi connectivity index (χ0n) is 23.9. The largest absolute Gasteiger partial charge is 0.443 e. The summed E-state index contributed by atoms with van der Waals surface area (Å²) >= 11 is 0. The van der Waals surface area contributed by atoms with Gasteiger partial charge in [-0.3, -0.25) is 0 Å². The summed E-state index contributed by atoms with van der Waals surface area (Å²) < 4.78 is 23.3. The first-order chi connectivity index (χ1) is 19.3. The average Bonchev–Trinajstić information content (AvgIpc) is 3.25. The normalized spacial score (nSPS) is 30.7. The predicted molar refractivity (Wildman–Crippen MR) is 148 cm³/mol. The molecule has 1 aliphatic carbocycles. The number of nitrogens with one attached hydrogen (secondary N) is 1. The summed E-state index contributed by atoms with van der Waals surface area (Å²) in [6.45, 7) is 6.42. The van der Waals surface area contributed by atoms with Crippen LogP contribution >= 0.6 is 0 Å². The summed E-state index contributed by atoms with van der Waals surface area (Å²) in [5, 5.41) is 14.5. The van der Waals surface area contributed by atoms with Gasteiger partial charge in [-0.25, -0.2) is 9.59 Å². The molecule has 1 aromatic rings. The molecule has 4 aliphatic rings. The fourth-order valence-corrected chi connectivity index (χ4v) is 6.71. The Bertz CT molecular complexity index is 987. The van der Waals surface area contributed by atoms with E-state index in [0.29, 0.717) is 38.6 Å². The van der Waals surface area contributed by atoms with Crippen LogP contribution in [0.5, 0.6) is 0 Å². The number of alkyl carbamates (subject to hydrolysis) is 1. The highest BCUT2D eigenvalue weighted by atomic mass is 16.7. The number of aliphatic hydroxyl groups excluding tert-OH is 1. The number of piperidine rings is 1. The van der Waals surface area contributed by atoms with E-state index in [4.69, 9.17) is 18.9 Å². The molecule has 1 saturated carbocycles. The van der Waals surface area contributed by atoms with Crippen molar-refractivity contribution in [3.63, 3.8) is 0 Å². The summed E-state index contributed by atoms with van der Waals surface area (Å²) in [5.41, 5.74) is 0.972. The minimum absolute atomic E-state index is 0.0187. The number of ether oxygens (including phenoxy) is 4. The highest BCUT2D eigenvalue weighted by molar-refractivity contribution is 5.74. The van der Waals surface area contributed by atoms with Gasteiger partial charge in [-0.05, 0) is 43.6 Å². The summed E-state index contributed by atoms with van der Waals surface area (Å²) in [6.07, 6.45) is 1.70. The zero-order chi connectivity index (χ0) is 28.2. The third-order valence-electron chi connectivity index (χ3n) is 8.69. The van der Waals surface area contributed by atoms with E-state index in [1.165, 1.54) is 0 Å². The van der Waals surface area contributed by atoms with Gasteiger partial charge in [-0.15, -0.1) is 0 Å². The first-order valence-corrected chi connectivity index (χ1v) is 14.8. The van der Waals surface area contributed by atoms with Gasteiger partial charge in [0, 0.05) is 38.6 Å². The van der Waals surface area contributed by atoms with Crippen LogP contribution in [-0.2, 0) is 25.4 Å². The van der Waals surface area contributed by atoms with Crippen LogP contribution in [-0.4, -0.2) is 104 Å². The number of carbonyl (C=O) groups excluding carboxylic acids is 2. The second-order valence-electron chi connectivity index (χ2n) is 12.3. The number of hydrogen-bond donors (Lipinski definition) is 2. The lowest BCUT2D eigenvalue weighted by molar-refractivity contribution is -0.153. The maximum atomic E-state index is 13.6. The molecule has 10 nitrogen and oxygen atoms in total. The quantitative estimate of drug-likeness (QED) is 0.454. The molecule has 222 valence electrons. The van der Waals surface area contributed by atoms with Crippen molar-refractivity contribution in [2.75, 3.05) is 39.9 Å². The van der Waals surface area contributed by atoms with Crippen LogP contribution < -0.4 is 5.32 Å². The summed E-state index contributed by atoms with van der Waals surface area (Å²) in [5.74, 6) is 0.705. The summed E-state index contributed by atoms with van der Waals surface area (Å²) in [7, 11) is 1.68. The van der Waals surface area contributed by atoms with E-state index in [1.807, 2.05) is 35.2 Å². The number of amides is 3. The zero-order valence-corrected chi connectivity index (χ0v) is 23.9. The van der Waals surface area contributed by atoms with Crippen molar-refractivity contribution < 1.29 is 33.6 Å². The van der Waals surface area contributed by atoms with Crippen LogP contribution in [0, 0.1) is 17.8 Å². The van der Waals surface area contributed by atoms with E-state index in [9.17, 15) is 14.7 Å². The Hall–Kier alpha value is -2.40. The highest BCUT2D eigenvalue weighted by Crippen LogP contribution is 2.46. The van der Waals surface area contributed by atoms with Gasteiger partial charge < -0.3 is 39.2 Å². The first-order valence-electron chi connectivity index (χ1n) is 14.8. The lowest BCUT2D eigenvalue weighted by Crippen LogP contribution is -2.55. The molecule has 10 heteroatoms. The van der Waals surface area contributed by atoms with E-state index in [-0.39, 0.29) is 49.0 Å². The number of methoxy groups -OCH3 is 1. The number of rotatable bonds is 10. The molecule has 3 bridgehead atoms. The van der Waals surface area contributed by atoms with Crippen LogP contribution in [0.2, 0.25) is 0 Å². The molecule has 5 rings (SSSR count). The molecule has 3 amide bonds. The molecule has 4 fully saturated rings. The number of urea groups is 1. The molecule has 0 radical (unpaired) electrons. The molecule has 3 heterocycles. The van der Waals surface area contributed by atoms with E-state index in [0.717, 1.165) is 31.2 Å². The number of nitrogens with zero attached hydrogens (tertiary/aromatic N) is 2. The highest BCUT2D eigenvalue weighted by Gasteiger charge is 2.53. The second-order valence-corrected chi connectivity index (χ2v) is 12.3. The molecule has 8 atom stereocenters. The molecule has 1 aromatic carbocycles. The van der Waals surface area contributed by atoms with E-state index < -0.39 is 18.2 Å².